The van der Waals surface area contributed by atoms with Crippen LogP contribution < -0.4 is 5.32 Å². The van der Waals surface area contributed by atoms with Crippen LogP contribution in [0.3, 0.4) is 0 Å². The van der Waals surface area contributed by atoms with Crippen molar-refractivity contribution in [1.82, 2.24) is 5.32 Å². The molecule has 108 valence electrons. The Kier molecular flexibility index (Phi) is 8.24. The highest BCUT2D eigenvalue weighted by Gasteiger charge is 2.30. The van der Waals surface area contributed by atoms with Gasteiger partial charge in [-0.05, 0) is 27.2 Å². The summed E-state index contributed by atoms with van der Waals surface area (Å²) in [6.07, 6.45) is 0.648. The monoisotopic (exact) mass is 271 g/mol. The summed E-state index contributed by atoms with van der Waals surface area (Å²) in [5.74, 6) is -2.05. The Morgan fingerprint density at radius 2 is 1.53 bits per heavy atom. The fourth-order valence-corrected chi connectivity index (χ4v) is 1.23. The summed E-state index contributed by atoms with van der Waals surface area (Å²) >= 11 is 0. The predicted octanol–water partition coefficient (Wildman–Crippen LogP) is 0.954. The fourth-order valence-electron chi connectivity index (χ4n) is 1.23. The Balaban J connectivity index is 4.57. The van der Waals surface area contributed by atoms with Gasteiger partial charge in [0.1, 0.15) is 0 Å². The standard InChI is InChI=1S/C13H21NO5/c1-5-18-12(16)11(13(17)19-6-2)14-10(15)8-7-9(3)4/h11H,3,5-8H2,1-2,4H3,(H,14,15). The maximum atomic E-state index is 11.6. The molecule has 0 spiro atoms. The zero-order valence-corrected chi connectivity index (χ0v) is 11.7. The van der Waals surface area contributed by atoms with Gasteiger partial charge in [-0.15, -0.1) is 6.58 Å². The van der Waals surface area contributed by atoms with Gasteiger partial charge < -0.3 is 14.8 Å². The number of rotatable bonds is 8. The lowest BCUT2D eigenvalue weighted by Gasteiger charge is -2.15. The third-order valence-corrected chi connectivity index (χ3v) is 2.13. The largest absolute Gasteiger partial charge is 0.464 e. The number of carbonyl (C=O) groups excluding carboxylic acids is 3. The van der Waals surface area contributed by atoms with Gasteiger partial charge in [-0.3, -0.25) is 4.79 Å². The van der Waals surface area contributed by atoms with Crippen molar-refractivity contribution < 1.29 is 23.9 Å². The molecule has 1 amide bonds. The van der Waals surface area contributed by atoms with Crippen molar-refractivity contribution in [2.75, 3.05) is 13.2 Å². The molecular weight excluding hydrogens is 250 g/mol. The van der Waals surface area contributed by atoms with Crippen molar-refractivity contribution in [2.45, 2.75) is 39.7 Å². The highest BCUT2D eigenvalue weighted by Crippen LogP contribution is 2.02. The van der Waals surface area contributed by atoms with Gasteiger partial charge in [-0.25, -0.2) is 9.59 Å². The first kappa shape index (κ1) is 17.2. The van der Waals surface area contributed by atoms with Crippen LogP contribution >= 0.6 is 0 Å². The van der Waals surface area contributed by atoms with Gasteiger partial charge >= 0.3 is 11.9 Å². The highest BCUT2D eigenvalue weighted by molar-refractivity contribution is 6.02. The molecule has 0 unspecified atom stereocenters. The lowest BCUT2D eigenvalue weighted by atomic mass is 10.2. The Morgan fingerprint density at radius 3 is 1.89 bits per heavy atom. The van der Waals surface area contributed by atoms with Crippen molar-refractivity contribution in [3.8, 4) is 0 Å². The molecule has 0 atom stereocenters. The first-order valence-corrected chi connectivity index (χ1v) is 6.19. The minimum absolute atomic E-state index is 0.121. The topological polar surface area (TPSA) is 81.7 Å². The molecule has 0 aliphatic carbocycles. The number of ether oxygens (including phenoxy) is 2. The third kappa shape index (κ3) is 7.23. The Labute approximate surface area is 113 Å². The first-order chi connectivity index (χ1) is 8.92. The van der Waals surface area contributed by atoms with Crippen LogP contribution in [-0.2, 0) is 23.9 Å². The van der Waals surface area contributed by atoms with Crippen molar-refractivity contribution in [2.24, 2.45) is 0 Å². The molecule has 0 saturated heterocycles. The van der Waals surface area contributed by atoms with E-state index in [0.717, 1.165) is 5.57 Å². The first-order valence-electron chi connectivity index (χ1n) is 6.19. The van der Waals surface area contributed by atoms with Crippen LogP contribution in [0.4, 0.5) is 0 Å². The molecule has 0 aliphatic heterocycles. The molecule has 0 bridgehead atoms. The molecule has 0 aromatic heterocycles. The lowest BCUT2D eigenvalue weighted by molar-refractivity contribution is -0.159. The molecule has 0 aliphatic rings. The third-order valence-electron chi connectivity index (χ3n) is 2.13. The van der Waals surface area contributed by atoms with Crippen molar-refractivity contribution >= 4 is 17.8 Å². The lowest BCUT2D eigenvalue weighted by Crippen LogP contribution is -2.48. The van der Waals surface area contributed by atoms with E-state index in [9.17, 15) is 14.4 Å². The van der Waals surface area contributed by atoms with Crippen molar-refractivity contribution in [3.63, 3.8) is 0 Å². The predicted molar refractivity (Wildman–Crippen MR) is 69.2 cm³/mol. The molecule has 6 nitrogen and oxygen atoms in total. The van der Waals surface area contributed by atoms with Gasteiger partial charge in [0, 0.05) is 6.42 Å². The summed E-state index contributed by atoms with van der Waals surface area (Å²) in [5, 5.41) is 2.31. The molecule has 0 aromatic carbocycles. The van der Waals surface area contributed by atoms with Crippen LogP contribution in [0, 0.1) is 0 Å². The van der Waals surface area contributed by atoms with E-state index in [4.69, 9.17) is 9.47 Å². The molecule has 1 N–H and O–H groups in total. The number of carbonyl (C=O) groups is 3. The summed E-state index contributed by atoms with van der Waals surface area (Å²) in [4.78, 5) is 34.8. The van der Waals surface area contributed by atoms with Crippen molar-refractivity contribution in [1.29, 1.82) is 0 Å². The van der Waals surface area contributed by atoms with Gasteiger partial charge in [-0.1, -0.05) is 5.57 Å². The second kappa shape index (κ2) is 9.13. The summed E-state index contributed by atoms with van der Waals surface area (Å²) in [5.41, 5.74) is 0.846. The Hall–Kier alpha value is -1.85. The van der Waals surface area contributed by atoms with E-state index in [-0.39, 0.29) is 19.6 Å². The molecule has 0 rings (SSSR count). The summed E-state index contributed by atoms with van der Waals surface area (Å²) in [7, 11) is 0. The van der Waals surface area contributed by atoms with Crippen molar-refractivity contribution in [3.05, 3.63) is 12.2 Å². The van der Waals surface area contributed by atoms with Crippen LogP contribution in [0.15, 0.2) is 12.2 Å². The van der Waals surface area contributed by atoms with E-state index < -0.39 is 23.9 Å². The smallest absolute Gasteiger partial charge is 0.340 e. The molecule has 0 saturated carbocycles. The average Bonchev–Trinajstić information content (AvgIpc) is 2.33. The van der Waals surface area contributed by atoms with Gasteiger partial charge in [0.15, 0.2) is 0 Å². The van der Waals surface area contributed by atoms with Crippen LogP contribution in [-0.4, -0.2) is 37.1 Å². The minimum Gasteiger partial charge on any atom is -0.464 e. The average molecular weight is 271 g/mol. The molecule has 19 heavy (non-hydrogen) atoms. The number of amides is 1. The fraction of sp³-hybridized carbons (Fsp3) is 0.615. The maximum absolute atomic E-state index is 11.6. The minimum atomic E-state index is -1.41. The van der Waals surface area contributed by atoms with E-state index in [0.29, 0.717) is 6.42 Å². The van der Waals surface area contributed by atoms with Gasteiger partial charge in [0.05, 0.1) is 13.2 Å². The highest BCUT2D eigenvalue weighted by atomic mass is 16.6. The molecule has 0 fully saturated rings. The second-order valence-electron chi connectivity index (χ2n) is 3.96. The maximum Gasteiger partial charge on any atom is 0.340 e. The summed E-state index contributed by atoms with van der Waals surface area (Å²) < 4.78 is 9.45. The SMILES string of the molecule is C=C(C)CCC(=O)NC(C(=O)OCC)C(=O)OCC. The zero-order valence-electron chi connectivity index (χ0n) is 11.7. The normalized spacial score (nSPS) is 9.89. The van der Waals surface area contributed by atoms with E-state index in [2.05, 4.69) is 11.9 Å². The number of nitrogens with one attached hydrogen (secondary N) is 1. The van der Waals surface area contributed by atoms with E-state index >= 15 is 0 Å². The molecule has 0 aromatic rings. The summed E-state index contributed by atoms with van der Waals surface area (Å²) in [6, 6.07) is -1.41. The molecule has 0 radical (unpaired) electrons. The number of allylic oxidation sites excluding steroid dienone is 1. The summed E-state index contributed by atoms with van der Waals surface area (Å²) in [6.45, 7) is 8.94. The Morgan fingerprint density at radius 1 is 1.05 bits per heavy atom. The number of esters is 2. The van der Waals surface area contributed by atoms with Crippen LogP contribution in [0.5, 0.6) is 0 Å². The van der Waals surface area contributed by atoms with E-state index in [1.807, 2.05) is 0 Å². The molecule has 0 heterocycles. The van der Waals surface area contributed by atoms with Gasteiger partial charge in [0.25, 0.3) is 0 Å². The molecule has 6 heteroatoms. The molecular formula is C13H21NO5. The van der Waals surface area contributed by atoms with E-state index in [1.165, 1.54) is 0 Å². The van der Waals surface area contributed by atoms with Crippen LogP contribution in [0.1, 0.15) is 33.6 Å². The van der Waals surface area contributed by atoms with Gasteiger partial charge in [-0.2, -0.15) is 0 Å². The van der Waals surface area contributed by atoms with E-state index in [1.54, 1.807) is 20.8 Å². The number of hydrogen-bond donors (Lipinski definition) is 1. The second-order valence-corrected chi connectivity index (χ2v) is 3.96. The van der Waals surface area contributed by atoms with Crippen LogP contribution in [0.2, 0.25) is 0 Å². The Bertz CT molecular complexity index is 333. The zero-order chi connectivity index (χ0) is 14.8. The number of hydrogen-bond acceptors (Lipinski definition) is 5. The van der Waals surface area contributed by atoms with Gasteiger partial charge in [0.2, 0.25) is 11.9 Å². The quantitative estimate of drug-likeness (QED) is 0.404. The van der Waals surface area contributed by atoms with Crippen LogP contribution in [0.25, 0.3) is 0 Å².